The monoisotopic (exact) mass is 401 g/mol. The van der Waals surface area contributed by atoms with Crippen molar-refractivity contribution in [2.75, 3.05) is 12.3 Å². The van der Waals surface area contributed by atoms with Crippen LogP contribution in [0.1, 0.15) is 49.0 Å². The van der Waals surface area contributed by atoms with Crippen LogP contribution in [0.3, 0.4) is 0 Å². The smallest absolute Gasteiger partial charge is 0.332 e. The average Bonchev–Trinajstić information content (AvgIpc) is 2.68. The molecule has 0 aliphatic heterocycles. The normalized spacial score (nSPS) is 12.0. The summed E-state index contributed by atoms with van der Waals surface area (Å²) in [6, 6.07) is 9.46. The maximum atomic E-state index is 12.6. The third kappa shape index (κ3) is 5.22. The number of nitrogens with zero attached hydrogens (tertiary/aromatic N) is 2. The highest BCUT2D eigenvalue weighted by molar-refractivity contribution is 6.01. The first-order valence-electron chi connectivity index (χ1n) is 9.46. The molecule has 0 saturated carbocycles. The van der Waals surface area contributed by atoms with Crippen LogP contribution in [0, 0.1) is 5.92 Å². The Bertz CT molecular complexity index is 1010. The molecule has 0 fully saturated rings. The van der Waals surface area contributed by atoms with Gasteiger partial charge < -0.3 is 10.5 Å². The molecule has 2 N–H and O–H groups in total. The van der Waals surface area contributed by atoms with Gasteiger partial charge in [-0.05, 0) is 17.4 Å². The van der Waals surface area contributed by atoms with E-state index in [2.05, 4.69) is 0 Å². The van der Waals surface area contributed by atoms with Gasteiger partial charge in [-0.3, -0.25) is 23.5 Å². The van der Waals surface area contributed by atoms with Crippen LogP contribution in [0.25, 0.3) is 0 Å². The summed E-state index contributed by atoms with van der Waals surface area (Å²) in [6.45, 7) is 5.30. The van der Waals surface area contributed by atoms with Gasteiger partial charge in [0.2, 0.25) is 5.78 Å². The minimum Gasteiger partial charge on any atom is -0.457 e. The molecule has 1 heterocycles. The fourth-order valence-corrected chi connectivity index (χ4v) is 3.01. The van der Waals surface area contributed by atoms with Crippen molar-refractivity contribution in [3.8, 4) is 0 Å². The summed E-state index contributed by atoms with van der Waals surface area (Å²) in [5.74, 6) is -1.50. The lowest BCUT2D eigenvalue weighted by Gasteiger charge is -2.16. The van der Waals surface area contributed by atoms with E-state index in [4.69, 9.17) is 10.5 Å². The Morgan fingerprint density at radius 2 is 1.72 bits per heavy atom. The number of carbonyl (C=O) groups excluding carboxylic acids is 2. The number of aromatic nitrogens is 2. The first-order valence-corrected chi connectivity index (χ1v) is 9.46. The average molecular weight is 401 g/mol. The lowest BCUT2D eigenvalue weighted by Crippen LogP contribution is -2.43. The fourth-order valence-electron chi connectivity index (χ4n) is 3.01. The molecule has 0 unspecified atom stereocenters. The van der Waals surface area contributed by atoms with E-state index < -0.39 is 29.6 Å². The van der Waals surface area contributed by atoms with Crippen LogP contribution in [0.5, 0.6) is 0 Å². The van der Waals surface area contributed by atoms with Gasteiger partial charge in [-0.1, -0.05) is 51.1 Å². The highest BCUT2D eigenvalue weighted by Crippen LogP contribution is 2.19. The molecule has 156 valence electrons. The number of anilines is 1. The van der Waals surface area contributed by atoms with Crippen LogP contribution in [0.15, 0.2) is 39.9 Å². The Kier molecular flexibility index (Phi) is 7.14. The van der Waals surface area contributed by atoms with E-state index in [1.165, 1.54) is 11.6 Å². The molecule has 0 radical (unpaired) electrons. The van der Waals surface area contributed by atoms with Gasteiger partial charge in [0.1, 0.15) is 11.4 Å². The van der Waals surface area contributed by atoms with E-state index in [1.54, 1.807) is 0 Å². The van der Waals surface area contributed by atoms with Crippen LogP contribution in [0.4, 0.5) is 5.82 Å². The van der Waals surface area contributed by atoms with Crippen molar-refractivity contribution in [1.82, 2.24) is 9.13 Å². The summed E-state index contributed by atoms with van der Waals surface area (Å²) >= 11 is 0. The van der Waals surface area contributed by atoms with Crippen molar-refractivity contribution >= 4 is 17.6 Å². The molecule has 1 atom stereocenters. The number of benzene rings is 1. The van der Waals surface area contributed by atoms with Crippen LogP contribution >= 0.6 is 0 Å². The van der Waals surface area contributed by atoms with Gasteiger partial charge in [-0.15, -0.1) is 0 Å². The molecule has 0 amide bonds. The molecular weight excluding hydrogens is 374 g/mol. The van der Waals surface area contributed by atoms with Gasteiger partial charge in [-0.25, -0.2) is 4.79 Å². The van der Waals surface area contributed by atoms with Crippen molar-refractivity contribution in [3.63, 3.8) is 0 Å². The summed E-state index contributed by atoms with van der Waals surface area (Å²) in [6.07, 6.45) is 0.0949. The Labute approximate surface area is 168 Å². The number of nitrogens with two attached hydrogens (primary N) is 1. The Morgan fingerprint density at radius 3 is 2.31 bits per heavy atom. The lowest BCUT2D eigenvalue weighted by molar-refractivity contribution is -0.142. The minimum absolute atomic E-state index is 0.0766. The van der Waals surface area contributed by atoms with E-state index in [1.807, 2.05) is 51.1 Å². The van der Waals surface area contributed by atoms with Crippen molar-refractivity contribution in [1.29, 1.82) is 0 Å². The molecule has 1 aromatic heterocycles. The number of rotatable bonds is 8. The van der Waals surface area contributed by atoms with Gasteiger partial charge in [-0.2, -0.15) is 0 Å². The van der Waals surface area contributed by atoms with E-state index in [0.717, 1.165) is 10.1 Å². The van der Waals surface area contributed by atoms with Gasteiger partial charge in [0.15, 0.2) is 6.61 Å². The maximum Gasteiger partial charge on any atom is 0.332 e. The summed E-state index contributed by atoms with van der Waals surface area (Å²) in [5, 5.41) is 0. The van der Waals surface area contributed by atoms with Crippen molar-refractivity contribution in [2.24, 2.45) is 13.0 Å². The Morgan fingerprint density at radius 1 is 1.10 bits per heavy atom. The van der Waals surface area contributed by atoms with Crippen molar-refractivity contribution in [2.45, 2.75) is 39.7 Å². The third-order valence-electron chi connectivity index (χ3n) is 4.62. The van der Waals surface area contributed by atoms with Gasteiger partial charge in [0, 0.05) is 13.6 Å². The number of carbonyl (C=O) groups is 2. The third-order valence-corrected chi connectivity index (χ3v) is 4.62. The number of Topliss-reactive ketones (excluding diaryl/α,β-unsaturated/α-hetero) is 1. The fraction of sp³-hybridized carbons (Fsp3) is 0.429. The largest absolute Gasteiger partial charge is 0.457 e. The molecular formula is C21H27N3O5. The second kappa shape index (κ2) is 9.36. The Hall–Kier alpha value is -3.16. The zero-order valence-electron chi connectivity index (χ0n) is 17.2. The summed E-state index contributed by atoms with van der Waals surface area (Å²) in [5.41, 5.74) is 5.21. The quantitative estimate of drug-likeness (QED) is 0.532. The number of hydrogen-bond acceptors (Lipinski definition) is 6. The first kappa shape index (κ1) is 22.1. The molecule has 8 nitrogen and oxygen atoms in total. The first-order chi connectivity index (χ1) is 13.6. The SMILES string of the molecule is CC(C)Cn1c(N)c(C(=O)COC(=O)C[C@@H](C)c2ccccc2)c(=O)n(C)c1=O. The van der Waals surface area contributed by atoms with E-state index in [-0.39, 0.29) is 36.2 Å². The highest BCUT2D eigenvalue weighted by atomic mass is 16.5. The minimum atomic E-state index is -0.800. The van der Waals surface area contributed by atoms with Crippen molar-refractivity contribution in [3.05, 3.63) is 62.3 Å². The maximum absolute atomic E-state index is 12.6. The van der Waals surface area contributed by atoms with Crippen LogP contribution in [-0.4, -0.2) is 27.5 Å². The van der Waals surface area contributed by atoms with E-state index >= 15 is 0 Å². The lowest BCUT2D eigenvalue weighted by atomic mass is 9.98. The van der Waals surface area contributed by atoms with Crippen molar-refractivity contribution < 1.29 is 14.3 Å². The summed E-state index contributed by atoms with van der Waals surface area (Å²) in [4.78, 5) is 49.4. The molecule has 0 aliphatic carbocycles. The predicted octanol–water partition coefficient (Wildman–Crippen LogP) is 1.70. The molecule has 0 aliphatic rings. The summed E-state index contributed by atoms with van der Waals surface area (Å²) < 4.78 is 7.10. The number of nitrogen functional groups attached to an aromatic ring is 1. The number of ether oxygens (including phenoxy) is 1. The number of ketones is 1. The predicted molar refractivity (Wildman–Crippen MR) is 110 cm³/mol. The molecule has 0 bridgehead atoms. The van der Waals surface area contributed by atoms with Gasteiger partial charge >= 0.3 is 11.7 Å². The van der Waals surface area contributed by atoms with Gasteiger partial charge in [0.25, 0.3) is 5.56 Å². The second-order valence-electron chi connectivity index (χ2n) is 7.51. The van der Waals surface area contributed by atoms with Crippen LogP contribution in [-0.2, 0) is 23.1 Å². The van der Waals surface area contributed by atoms with E-state index in [9.17, 15) is 19.2 Å². The molecule has 8 heteroatoms. The molecule has 2 aromatic rings. The zero-order chi connectivity index (χ0) is 21.7. The molecule has 0 spiro atoms. The molecule has 1 aromatic carbocycles. The molecule has 29 heavy (non-hydrogen) atoms. The molecule has 0 saturated heterocycles. The van der Waals surface area contributed by atoms with Gasteiger partial charge in [0.05, 0.1) is 6.42 Å². The van der Waals surface area contributed by atoms with Crippen LogP contribution in [0.2, 0.25) is 0 Å². The zero-order valence-corrected chi connectivity index (χ0v) is 17.2. The second-order valence-corrected chi connectivity index (χ2v) is 7.51. The topological polar surface area (TPSA) is 113 Å². The van der Waals surface area contributed by atoms with E-state index in [0.29, 0.717) is 0 Å². The molecule has 2 rings (SSSR count). The number of esters is 1. The Balaban J connectivity index is 2.14. The van der Waals surface area contributed by atoms with Crippen LogP contribution < -0.4 is 17.0 Å². The highest BCUT2D eigenvalue weighted by Gasteiger charge is 2.23. The standard InChI is InChI=1S/C21H27N3O5/c1-13(2)11-24-19(22)18(20(27)23(4)21(24)28)16(25)12-29-17(26)10-14(3)15-8-6-5-7-9-15/h5-9,13-14H,10-12,22H2,1-4H3/t14-/m1/s1. The number of hydrogen-bond donors (Lipinski definition) is 1. The summed E-state index contributed by atoms with van der Waals surface area (Å²) in [7, 11) is 1.28.